The molecule has 0 aliphatic heterocycles. The largest absolute Gasteiger partial charge is 0.491 e. The molecule has 0 saturated carbocycles. The molecule has 24 heavy (non-hydrogen) atoms. The van der Waals surface area contributed by atoms with Crippen LogP contribution < -0.4 is 15.4 Å². The first-order valence-corrected chi connectivity index (χ1v) is 7.59. The average molecular weight is 348 g/mol. The lowest BCUT2D eigenvalue weighted by Crippen LogP contribution is -2.34. The predicted octanol–water partition coefficient (Wildman–Crippen LogP) is 2.98. The quantitative estimate of drug-likeness (QED) is 0.621. The summed E-state index contributed by atoms with van der Waals surface area (Å²) in [6, 6.07) is 12.4. The number of ether oxygens (including phenoxy) is 2. The van der Waals surface area contributed by atoms with Gasteiger partial charge in [-0.3, -0.25) is 10.1 Å². The zero-order valence-corrected chi connectivity index (χ0v) is 13.9. The van der Waals surface area contributed by atoms with Crippen molar-refractivity contribution in [1.29, 1.82) is 0 Å². The molecular formula is C17H17FN2O3S. The summed E-state index contributed by atoms with van der Waals surface area (Å²) in [5.74, 6) is -0.165. The van der Waals surface area contributed by atoms with E-state index in [4.69, 9.17) is 21.7 Å². The number of amides is 1. The maximum absolute atomic E-state index is 12.9. The second-order valence-corrected chi connectivity index (χ2v) is 5.19. The molecule has 0 unspecified atom stereocenters. The number of benzene rings is 2. The summed E-state index contributed by atoms with van der Waals surface area (Å²) in [4.78, 5) is 12.0. The molecule has 0 radical (unpaired) electrons. The number of carbonyl (C=O) groups is 1. The van der Waals surface area contributed by atoms with Crippen molar-refractivity contribution in [3.8, 4) is 5.75 Å². The van der Waals surface area contributed by atoms with Gasteiger partial charge in [0.15, 0.2) is 5.11 Å². The number of hydrogen-bond donors (Lipinski definition) is 2. The summed E-state index contributed by atoms with van der Waals surface area (Å²) in [7, 11) is 1.60. The highest BCUT2D eigenvalue weighted by atomic mass is 32.1. The molecular weight excluding hydrogens is 331 g/mol. The molecule has 0 aliphatic carbocycles. The first-order chi connectivity index (χ1) is 11.6. The highest BCUT2D eigenvalue weighted by Crippen LogP contribution is 2.17. The van der Waals surface area contributed by atoms with Gasteiger partial charge in [-0.05, 0) is 48.6 Å². The fourth-order valence-corrected chi connectivity index (χ4v) is 2.06. The Morgan fingerprint density at radius 2 is 1.92 bits per heavy atom. The number of rotatable bonds is 6. The topological polar surface area (TPSA) is 59.6 Å². The van der Waals surface area contributed by atoms with E-state index in [0.717, 1.165) is 0 Å². The Hall–Kier alpha value is -2.51. The highest BCUT2D eigenvalue weighted by molar-refractivity contribution is 7.80. The maximum atomic E-state index is 12.9. The summed E-state index contributed by atoms with van der Waals surface area (Å²) in [6.07, 6.45) is 0. The molecule has 126 valence electrons. The van der Waals surface area contributed by atoms with Crippen LogP contribution in [0, 0.1) is 5.82 Å². The third-order valence-electron chi connectivity index (χ3n) is 2.98. The van der Waals surface area contributed by atoms with Gasteiger partial charge in [0.1, 0.15) is 18.2 Å². The lowest BCUT2D eigenvalue weighted by molar-refractivity contribution is 0.0977. The van der Waals surface area contributed by atoms with Crippen molar-refractivity contribution in [3.63, 3.8) is 0 Å². The van der Waals surface area contributed by atoms with E-state index in [1.54, 1.807) is 31.4 Å². The first kappa shape index (κ1) is 17.8. The van der Waals surface area contributed by atoms with Crippen molar-refractivity contribution < 1.29 is 18.7 Å². The normalized spacial score (nSPS) is 10.1. The van der Waals surface area contributed by atoms with Gasteiger partial charge in [0.25, 0.3) is 5.91 Å². The molecule has 0 bridgehead atoms. The molecule has 0 heterocycles. The summed E-state index contributed by atoms with van der Waals surface area (Å²) in [5, 5.41) is 5.57. The summed E-state index contributed by atoms with van der Waals surface area (Å²) in [6.45, 7) is 0.926. The van der Waals surface area contributed by atoms with E-state index >= 15 is 0 Å². The zero-order valence-electron chi connectivity index (χ0n) is 13.0. The van der Waals surface area contributed by atoms with Crippen LogP contribution in [0.15, 0.2) is 48.5 Å². The van der Waals surface area contributed by atoms with Crippen molar-refractivity contribution in [1.82, 2.24) is 5.32 Å². The summed E-state index contributed by atoms with van der Waals surface area (Å²) < 4.78 is 23.3. The fourth-order valence-electron chi connectivity index (χ4n) is 1.85. The van der Waals surface area contributed by atoms with Gasteiger partial charge >= 0.3 is 0 Å². The minimum absolute atomic E-state index is 0.137. The molecule has 0 aliphatic rings. The summed E-state index contributed by atoms with van der Waals surface area (Å²) in [5.41, 5.74) is 0.992. The highest BCUT2D eigenvalue weighted by Gasteiger charge is 2.08. The molecule has 5 nitrogen and oxygen atoms in total. The lowest BCUT2D eigenvalue weighted by atomic mass is 10.2. The number of thiocarbonyl (C=S) groups is 1. The van der Waals surface area contributed by atoms with E-state index in [1.807, 2.05) is 0 Å². The van der Waals surface area contributed by atoms with Crippen LogP contribution in [0.3, 0.4) is 0 Å². The van der Waals surface area contributed by atoms with E-state index in [9.17, 15) is 9.18 Å². The van der Waals surface area contributed by atoms with Gasteiger partial charge in [0, 0.05) is 24.4 Å². The third-order valence-corrected chi connectivity index (χ3v) is 3.19. The maximum Gasteiger partial charge on any atom is 0.257 e. The van der Waals surface area contributed by atoms with Crippen molar-refractivity contribution in [2.45, 2.75) is 0 Å². The van der Waals surface area contributed by atoms with Crippen LogP contribution in [-0.4, -0.2) is 31.3 Å². The number of nitrogens with one attached hydrogen (secondary N) is 2. The minimum Gasteiger partial charge on any atom is -0.491 e. The molecule has 0 spiro atoms. The number of halogens is 1. The molecule has 0 atom stereocenters. The predicted molar refractivity (Wildman–Crippen MR) is 93.9 cm³/mol. The van der Waals surface area contributed by atoms with Crippen molar-refractivity contribution in [3.05, 3.63) is 59.9 Å². The van der Waals surface area contributed by atoms with Crippen LogP contribution in [0.4, 0.5) is 10.1 Å². The van der Waals surface area contributed by atoms with Crippen molar-refractivity contribution in [2.75, 3.05) is 25.6 Å². The van der Waals surface area contributed by atoms with Crippen molar-refractivity contribution in [2.24, 2.45) is 0 Å². The van der Waals surface area contributed by atoms with E-state index in [-0.39, 0.29) is 5.11 Å². The Morgan fingerprint density at radius 3 is 2.62 bits per heavy atom. The molecule has 2 aromatic carbocycles. The van der Waals surface area contributed by atoms with Crippen LogP contribution in [0.5, 0.6) is 5.75 Å². The Labute approximate surface area is 144 Å². The van der Waals surface area contributed by atoms with E-state index in [1.165, 1.54) is 24.3 Å². The van der Waals surface area contributed by atoms with Gasteiger partial charge in [-0.15, -0.1) is 0 Å². The molecule has 7 heteroatoms. The van der Waals surface area contributed by atoms with Gasteiger partial charge < -0.3 is 14.8 Å². The second kappa shape index (κ2) is 8.95. The van der Waals surface area contributed by atoms with Gasteiger partial charge in [-0.25, -0.2) is 4.39 Å². The van der Waals surface area contributed by atoms with Gasteiger partial charge in [-0.2, -0.15) is 0 Å². The zero-order chi connectivity index (χ0) is 17.4. The number of hydrogen-bond acceptors (Lipinski definition) is 4. The van der Waals surface area contributed by atoms with Crippen LogP contribution in [-0.2, 0) is 4.74 Å². The van der Waals surface area contributed by atoms with Crippen LogP contribution in [0.2, 0.25) is 0 Å². The van der Waals surface area contributed by atoms with Gasteiger partial charge in [0.05, 0.1) is 6.61 Å². The molecule has 0 saturated heterocycles. The van der Waals surface area contributed by atoms with Crippen LogP contribution >= 0.6 is 12.2 Å². The average Bonchev–Trinajstić information content (AvgIpc) is 2.56. The van der Waals surface area contributed by atoms with Gasteiger partial charge in [-0.1, -0.05) is 6.07 Å². The number of methoxy groups -OCH3 is 1. The van der Waals surface area contributed by atoms with Crippen molar-refractivity contribution >= 4 is 28.9 Å². The molecule has 0 aromatic heterocycles. The standard InChI is InChI=1S/C17H17FN2O3S/c1-22-9-10-23-15-4-2-3-14(11-15)19-17(24)20-16(21)12-5-7-13(18)8-6-12/h2-8,11H,9-10H2,1H3,(H2,19,20,21,24). The lowest BCUT2D eigenvalue weighted by Gasteiger charge is -2.11. The molecule has 2 aromatic rings. The minimum atomic E-state index is -0.417. The Kier molecular flexibility index (Phi) is 6.65. The first-order valence-electron chi connectivity index (χ1n) is 7.18. The third kappa shape index (κ3) is 5.60. The number of carbonyl (C=O) groups excluding carboxylic acids is 1. The molecule has 2 rings (SSSR count). The second-order valence-electron chi connectivity index (χ2n) is 4.78. The SMILES string of the molecule is COCCOc1cccc(NC(=S)NC(=O)c2ccc(F)cc2)c1. The van der Waals surface area contributed by atoms with E-state index < -0.39 is 11.7 Å². The monoisotopic (exact) mass is 348 g/mol. The Morgan fingerprint density at radius 1 is 1.17 bits per heavy atom. The Bertz CT molecular complexity index is 707. The van der Waals surface area contributed by atoms with Crippen LogP contribution in [0.1, 0.15) is 10.4 Å². The van der Waals surface area contributed by atoms with Gasteiger partial charge in [0.2, 0.25) is 0 Å². The molecule has 2 N–H and O–H groups in total. The Balaban J connectivity index is 1.90. The fraction of sp³-hybridized carbons (Fsp3) is 0.176. The summed E-state index contributed by atoms with van der Waals surface area (Å²) >= 11 is 5.11. The number of anilines is 1. The molecule has 0 fully saturated rings. The van der Waals surface area contributed by atoms with E-state index in [2.05, 4.69) is 10.6 Å². The van der Waals surface area contributed by atoms with E-state index in [0.29, 0.717) is 30.2 Å². The smallest absolute Gasteiger partial charge is 0.257 e. The van der Waals surface area contributed by atoms with Crippen LogP contribution in [0.25, 0.3) is 0 Å². The molecule has 1 amide bonds.